The molecule has 0 amide bonds. The molecule has 0 fully saturated rings. The number of ether oxygens (including phenoxy) is 1. The van der Waals surface area contributed by atoms with Crippen LogP contribution in [0, 0.1) is 5.82 Å². The Kier molecular flexibility index (Phi) is 3.84. The summed E-state index contributed by atoms with van der Waals surface area (Å²) in [6.07, 6.45) is 1.76. The highest BCUT2D eigenvalue weighted by Crippen LogP contribution is 2.23. The zero-order valence-electron chi connectivity index (χ0n) is 9.93. The Morgan fingerprint density at radius 1 is 1.22 bits per heavy atom. The van der Waals surface area contributed by atoms with Crippen LogP contribution in [-0.4, -0.2) is 15.1 Å². The first kappa shape index (κ1) is 12.4. The van der Waals surface area contributed by atoms with Gasteiger partial charge in [-0.15, -0.1) is 0 Å². The molecule has 0 aliphatic carbocycles. The van der Waals surface area contributed by atoms with Gasteiger partial charge in [0.15, 0.2) is 0 Å². The molecule has 1 aromatic heterocycles. The molecule has 5 heteroatoms. The van der Waals surface area contributed by atoms with Crippen molar-refractivity contribution in [1.29, 1.82) is 0 Å². The van der Waals surface area contributed by atoms with Gasteiger partial charge in [0.05, 0.1) is 12.3 Å². The Bertz CT molecular complexity index is 529. The van der Waals surface area contributed by atoms with Gasteiger partial charge in [0, 0.05) is 0 Å². The fourth-order valence-corrected chi connectivity index (χ4v) is 1.48. The van der Waals surface area contributed by atoms with Gasteiger partial charge < -0.3 is 9.84 Å². The first-order valence-corrected chi connectivity index (χ1v) is 5.61. The molecule has 1 N–H and O–H groups in total. The molecule has 2 aromatic rings. The van der Waals surface area contributed by atoms with Gasteiger partial charge >= 0.3 is 0 Å². The van der Waals surface area contributed by atoms with Gasteiger partial charge in [-0.1, -0.05) is 19.1 Å². The monoisotopic (exact) mass is 248 g/mol. The molecular formula is C13H13FN2O2. The highest BCUT2D eigenvalue weighted by molar-refractivity contribution is 5.31. The number of halogens is 1. The van der Waals surface area contributed by atoms with Crippen LogP contribution in [0.25, 0.3) is 0 Å². The van der Waals surface area contributed by atoms with Crippen LogP contribution in [0.5, 0.6) is 11.6 Å². The van der Waals surface area contributed by atoms with Crippen LogP contribution in [0.1, 0.15) is 18.2 Å². The molecule has 18 heavy (non-hydrogen) atoms. The number of aromatic nitrogens is 2. The van der Waals surface area contributed by atoms with Crippen molar-refractivity contribution in [3.05, 3.63) is 47.7 Å². The van der Waals surface area contributed by atoms with Crippen molar-refractivity contribution in [2.45, 2.75) is 20.0 Å². The largest absolute Gasteiger partial charge is 0.436 e. The molecular weight excluding hydrogens is 235 g/mol. The first-order chi connectivity index (χ1) is 8.74. The van der Waals surface area contributed by atoms with Gasteiger partial charge in [-0.25, -0.2) is 4.98 Å². The number of rotatable bonds is 4. The van der Waals surface area contributed by atoms with E-state index >= 15 is 0 Å². The van der Waals surface area contributed by atoms with E-state index in [0.29, 0.717) is 17.9 Å². The lowest BCUT2D eigenvalue weighted by molar-refractivity contribution is 0.281. The Hall–Kier alpha value is -2.01. The second kappa shape index (κ2) is 5.55. The van der Waals surface area contributed by atoms with Crippen molar-refractivity contribution >= 4 is 0 Å². The lowest BCUT2D eigenvalue weighted by Crippen LogP contribution is -1.99. The first-order valence-electron chi connectivity index (χ1n) is 5.61. The molecule has 0 aliphatic heterocycles. The Morgan fingerprint density at radius 3 is 2.56 bits per heavy atom. The molecule has 0 saturated heterocycles. The zero-order valence-corrected chi connectivity index (χ0v) is 9.93. The summed E-state index contributed by atoms with van der Waals surface area (Å²) in [5.74, 6) is -0.156. The molecule has 2 rings (SSSR count). The fraction of sp³-hybridized carbons (Fsp3) is 0.231. The van der Waals surface area contributed by atoms with E-state index in [2.05, 4.69) is 9.97 Å². The topological polar surface area (TPSA) is 55.2 Å². The predicted octanol–water partition coefficient (Wildman–Crippen LogP) is 2.46. The average Bonchev–Trinajstić information content (AvgIpc) is 2.42. The van der Waals surface area contributed by atoms with Crippen molar-refractivity contribution in [3.8, 4) is 11.6 Å². The summed E-state index contributed by atoms with van der Waals surface area (Å²) in [5.41, 5.74) is 1.09. The van der Waals surface area contributed by atoms with Crippen molar-refractivity contribution in [2.24, 2.45) is 0 Å². The molecule has 0 saturated carbocycles. The highest BCUT2D eigenvalue weighted by atomic mass is 19.1. The van der Waals surface area contributed by atoms with E-state index in [1.165, 1.54) is 6.33 Å². The van der Waals surface area contributed by atoms with Crippen LogP contribution < -0.4 is 4.74 Å². The number of benzene rings is 1. The van der Waals surface area contributed by atoms with E-state index in [-0.39, 0.29) is 12.5 Å². The van der Waals surface area contributed by atoms with Gasteiger partial charge in [-0.3, -0.25) is 0 Å². The van der Waals surface area contributed by atoms with E-state index in [4.69, 9.17) is 9.84 Å². The zero-order chi connectivity index (χ0) is 13.0. The van der Waals surface area contributed by atoms with Crippen molar-refractivity contribution in [3.63, 3.8) is 0 Å². The molecule has 1 aromatic carbocycles. The van der Waals surface area contributed by atoms with Crippen molar-refractivity contribution < 1.29 is 14.2 Å². The van der Waals surface area contributed by atoms with E-state index in [0.717, 1.165) is 5.56 Å². The van der Waals surface area contributed by atoms with Crippen molar-refractivity contribution in [1.82, 2.24) is 9.97 Å². The van der Waals surface area contributed by atoms with Crippen LogP contribution >= 0.6 is 0 Å². The second-order valence-corrected chi connectivity index (χ2v) is 3.70. The van der Waals surface area contributed by atoms with E-state index in [1.54, 1.807) is 24.3 Å². The Morgan fingerprint density at radius 2 is 1.94 bits per heavy atom. The summed E-state index contributed by atoms with van der Waals surface area (Å²) < 4.78 is 19.2. The van der Waals surface area contributed by atoms with Crippen LogP contribution in [0.2, 0.25) is 0 Å². The molecule has 1 heterocycles. The summed E-state index contributed by atoms with van der Waals surface area (Å²) in [6.45, 7) is 1.77. The fourth-order valence-electron chi connectivity index (χ4n) is 1.48. The average molecular weight is 248 g/mol. The van der Waals surface area contributed by atoms with E-state index in [1.807, 2.05) is 6.92 Å². The lowest BCUT2D eigenvalue weighted by Gasteiger charge is -2.07. The maximum Gasteiger partial charge on any atom is 0.259 e. The number of aliphatic hydroxyl groups excluding tert-OH is 1. The van der Waals surface area contributed by atoms with Gasteiger partial charge in [-0.05, 0) is 24.1 Å². The summed E-state index contributed by atoms with van der Waals surface area (Å²) in [4.78, 5) is 7.59. The minimum atomic E-state index is -0.536. The highest BCUT2D eigenvalue weighted by Gasteiger charge is 2.11. The van der Waals surface area contributed by atoms with Gasteiger partial charge in [-0.2, -0.15) is 9.37 Å². The summed E-state index contributed by atoms with van der Waals surface area (Å²) in [6, 6.07) is 6.71. The number of aryl methyl sites for hydroxylation is 1. The third kappa shape index (κ3) is 2.62. The summed E-state index contributed by atoms with van der Waals surface area (Å²) in [7, 11) is 0. The van der Waals surface area contributed by atoms with Gasteiger partial charge in [0.2, 0.25) is 5.82 Å². The molecule has 0 aliphatic rings. The third-order valence-corrected chi connectivity index (χ3v) is 2.49. The minimum absolute atomic E-state index is 0.0396. The molecule has 0 atom stereocenters. The number of aliphatic hydroxyl groups is 1. The number of hydrogen-bond acceptors (Lipinski definition) is 4. The molecule has 0 radical (unpaired) electrons. The van der Waals surface area contributed by atoms with Crippen LogP contribution in [-0.2, 0) is 13.0 Å². The molecule has 94 valence electrons. The Labute approximate surface area is 104 Å². The SMILES string of the molecule is CCc1ncnc(Oc2ccc(CO)cc2)c1F. The lowest BCUT2D eigenvalue weighted by atomic mass is 10.2. The smallest absolute Gasteiger partial charge is 0.259 e. The maximum atomic E-state index is 13.8. The predicted molar refractivity (Wildman–Crippen MR) is 63.8 cm³/mol. The van der Waals surface area contributed by atoms with Gasteiger partial charge in [0.25, 0.3) is 5.88 Å². The van der Waals surface area contributed by atoms with E-state index in [9.17, 15) is 4.39 Å². The van der Waals surface area contributed by atoms with Crippen LogP contribution in [0.4, 0.5) is 4.39 Å². The molecule has 0 bridgehead atoms. The number of hydrogen-bond donors (Lipinski definition) is 1. The molecule has 0 spiro atoms. The Balaban J connectivity index is 2.22. The normalized spacial score (nSPS) is 10.4. The minimum Gasteiger partial charge on any atom is -0.436 e. The third-order valence-electron chi connectivity index (χ3n) is 2.49. The quantitative estimate of drug-likeness (QED) is 0.903. The van der Waals surface area contributed by atoms with Crippen molar-refractivity contribution in [2.75, 3.05) is 0 Å². The van der Waals surface area contributed by atoms with Crippen LogP contribution in [0.3, 0.4) is 0 Å². The summed E-state index contributed by atoms with van der Waals surface area (Å²) in [5, 5.41) is 8.91. The molecule has 4 nitrogen and oxygen atoms in total. The molecule has 0 unspecified atom stereocenters. The van der Waals surface area contributed by atoms with E-state index < -0.39 is 5.82 Å². The standard InChI is InChI=1S/C13H13FN2O2/c1-2-11-12(14)13(16-8-15-11)18-10-5-3-9(7-17)4-6-10/h3-6,8,17H,2,7H2,1H3. The van der Waals surface area contributed by atoms with Gasteiger partial charge in [0.1, 0.15) is 12.1 Å². The van der Waals surface area contributed by atoms with Crippen LogP contribution in [0.15, 0.2) is 30.6 Å². The maximum absolute atomic E-state index is 13.8. The summed E-state index contributed by atoms with van der Waals surface area (Å²) >= 11 is 0. The number of nitrogens with zero attached hydrogens (tertiary/aromatic N) is 2. The second-order valence-electron chi connectivity index (χ2n) is 3.70.